The van der Waals surface area contributed by atoms with E-state index < -0.39 is 5.60 Å². The third kappa shape index (κ3) is 2.33. The second kappa shape index (κ2) is 5.24. The summed E-state index contributed by atoms with van der Waals surface area (Å²) in [5.41, 5.74) is 1.99. The van der Waals surface area contributed by atoms with Gasteiger partial charge in [0.25, 0.3) is 0 Å². The lowest BCUT2D eigenvalue weighted by Crippen LogP contribution is -2.30. The Labute approximate surface area is 145 Å². The Morgan fingerprint density at radius 3 is 2.64 bits per heavy atom. The van der Waals surface area contributed by atoms with Gasteiger partial charge in [0.1, 0.15) is 33.8 Å². The van der Waals surface area contributed by atoms with E-state index in [-0.39, 0.29) is 16.6 Å². The fourth-order valence-electron chi connectivity index (χ4n) is 3.20. The van der Waals surface area contributed by atoms with Crippen LogP contribution in [0, 0.1) is 0 Å². The first-order chi connectivity index (χ1) is 11.9. The van der Waals surface area contributed by atoms with Gasteiger partial charge in [-0.15, -0.1) is 0 Å². The minimum absolute atomic E-state index is 0.131. The van der Waals surface area contributed by atoms with E-state index in [0.717, 1.165) is 16.7 Å². The van der Waals surface area contributed by atoms with Gasteiger partial charge in [-0.25, -0.2) is 0 Å². The molecule has 1 atom stereocenters. The van der Waals surface area contributed by atoms with Crippen molar-refractivity contribution in [1.29, 1.82) is 0 Å². The molecule has 1 N–H and O–H groups in total. The molecule has 3 aromatic rings. The number of benzene rings is 2. The highest BCUT2D eigenvalue weighted by atomic mass is 16.5. The molecule has 1 aliphatic heterocycles. The van der Waals surface area contributed by atoms with Crippen molar-refractivity contribution in [2.75, 3.05) is 0 Å². The van der Waals surface area contributed by atoms with Gasteiger partial charge >= 0.3 is 0 Å². The summed E-state index contributed by atoms with van der Waals surface area (Å²) in [4.78, 5) is 12.6. The maximum Gasteiger partial charge on any atom is 0.197 e. The van der Waals surface area contributed by atoms with Crippen LogP contribution in [-0.2, 0) is 6.42 Å². The lowest BCUT2D eigenvalue weighted by atomic mass is 9.92. The summed E-state index contributed by atoms with van der Waals surface area (Å²) in [7, 11) is 0. The molecule has 0 aliphatic carbocycles. The van der Waals surface area contributed by atoms with Crippen LogP contribution in [0.15, 0.2) is 63.8 Å². The quantitative estimate of drug-likeness (QED) is 0.704. The van der Waals surface area contributed by atoms with Gasteiger partial charge in [-0.1, -0.05) is 36.9 Å². The molecule has 1 aliphatic rings. The van der Waals surface area contributed by atoms with E-state index in [2.05, 4.69) is 6.58 Å². The molecule has 2 aromatic carbocycles. The van der Waals surface area contributed by atoms with Crippen LogP contribution >= 0.6 is 0 Å². The predicted octanol–water partition coefficient (Wildman–Crippen LogP) is 4.44. The summed E-state index contributed by atoms with van der Waals surface area (Å²) in [5.74, 6) is 0.867. The Morgan fingerprint density at radius 2 is 1.96 bits per heavy atom. The van der Waals surface area contributed by atoms with Crippen molar-refractivity contribution in [2.24, 2.45) is 0 Å². The summed E-state index contributed by atoms with van der Waals surface area (Å²) in [6.45, 7) is 7.84. The fraction of sp³-hybridized carbons (Fsp3) is 0.190. The maximum absolute atomic E-state index is 12.6. The van der Waals surface area contributed by atoms with Crippen LogP contribution in [-0.4, -0.2) is 10.7 Å². The zero-order chi connectivity index (χ0) is 17.8. The van der Waals surface area contributed by atoms with Crippen molar-refractivity contribution < 1.29 is 14.3 Å². The Kier molecular flexibility index (Phi) is 3.25. The molecule has 0 saturated heterocycles. The Morgan fingerprint density at radius 1 is 1.24 bits per heavy atom. The molecule has 0 amide bonds. The maximum atomic E-state index is 12.6. The number of hydrogen-bond acceptors (Lipinski definition) is 4. The van der Waals surface area contributed by atoms with Gasteiger partial charge in [-0.2, -0.15) is 0 Å². The number of rotatable bonds is 2. The Balaban J connectivity index is 2.01. The number of fused-ring (bicyclic) bond motifs is 3. The predicted molar refractivity (Wildman–Crippen MR) is 97.1 cm³/mol. The third-order valence-corrected chi connectivity index (χ3v) is 4.85. The van der Waals surface area contributed by atoms with Gasteiger partial charge < -0.3 is 14.3 Å². The average Bonchev–Trinajstić information content (AvgIpc) is 2.93. The van der Waals surface area contributed by atoms with Gasteiger partial charge in [0.2, 0.25) is 0 Å². The van der Waals surface area contributed by atoms with Crippen LogP contribution < -0.4 is 10.2 Å². The molecule has 0 radical (unpaired) electrons. The molecule has 0 saturated carbocycles. The number of ether oxygens (including phenoxy) is 1. The van der Waals surface area contributed by atoms with Crippen LogP contribution in [0.4, 0.5) is 0 Å². The second-order valence-corrected chi connectivity index (χ2v) is 6.71. The minimum Gasteiger partial charge on any atom is -0.507 e. The molecule has 4 nitrogen and oxygen atoms in total. The SMILES string of the molecule is C=C(C)[C@]1(C)Cc2c(cc(O)c3c(=O)cc(-c4ccccc4)oc23)O1. The van der Waals surface area contributed by atoms with Crippen LogP contribution in [0.2, 0.25) is 0 Å². The summed E-state index contributed by atoms with van der Waals surface area (Å²) < 4.78 is 12.1. The molecule has 0 spiro atoms. The first-order valence-corrected chi connectivity index (χ1v) is 8.12. The molecule has 126 valence electrons. The van der Waals surface area contributed by atoms with Crippen LogP contribution in [0.25, 0.3) is 22.3 Å². The van der Waals surface area contributed by atoms with Crippen LogP contribution in [0.5, 0.6) is 11.5 Å². The van der Waals surface area contributed by atoms with Gasteiger partial charge in [0, 0.05) is 29.7 Å². The molecular weight excluding hydrogens is 316 g/mol. The van der Waals surface area contributed by atoms with Crippen molar-refractivity contribution in [3.8, 4) is 22.8 Å². The topological polar surface area (TPSA) is 59.7 Å². The minimum atomic E-state index is -0.579. The van der Waals surface area contributed by atoms with E-state index in [1.54, 1.807) is 0 Å². The van der Waals surface area contributed by atoms with E-state index in [4.69, 9.17) is 9.15 Å². The van der Waals surface area contributed by atoms with Gasteiger partial charge in [-0.05, 0) is 19.4 Å². The lowest BCUT2D eigenvalue weighted by molar-refractivity contribution is 0.157. The molecule has 2 heterocycles. The van der Waals surface area contributed by atoms with E-state index in [1.165, 1.54) is 12.1 Å². The van der Waals surface area contributed by atoms with Crippen molar-refractivity contribution >= 4 is 11.0 Å². The largest absolute Gasteiger partial charge is 0.507 e. The molecule has 0 fully saturated rings. The first kappa shape index (κ1) is 15.5. The van der Waals surface area contributed by atoms with Crippen LogP contribution in [0.1, 0.15) is 19.4 Å². The Bertz CT molecular complexity index is 1060. The summed E-state index contributed by atoms with van der Waals surface area (Å²) in [6.07, 6.45) is 0.537. The van der Waals surface area contributed by atoms with Gasteiger partial charge in [0.05, 0.1) is 0 Å². The number of aromatic hydroxyl groups is 1. The number of hydrogen-bond donors (Lipinski definition) is 1. The van der Waals surface area contributed by atoms with Crippen molar-refractivity contribution in [1.82, 2.24) is 0 Å². The monoisotopic (exact) mass is 334 g/mol. The summed E-state index contributed by atoms with van der Waals surface area (Å²) >= 11 is 0. The van der Waals surface area contributed by atoms with E-state index in [0.29, 0.717) is 23.5 Å². The zero-order valence-corrected chi connectivity index (χ0v) is 14.1. The smallest absolute Gasteiger partial charge is 0.197 e. The van der Waals surface area contributed by atoms with E-state index in [9.17, 15) is 9.90 Å². The number of phenols is 1. The number of phenolic OH excluding ortho intramolecular Hbond substituents is 1. The summed E-state index contributed by atoms with van der Waals surface area (Å²) in [5, 5.41) is 10.5. The molecule has 0 unspecified atom stereocenters. The van der Waals surface area contributed by atoms with Crippen molar-refractivity contribution in [3.05, 3.63) is 70.4 Å². The molecule has 4 heteroatoms. The van der Waals surface area contributed by atoms with E-state index >= 15 is 0 Å². The standard InChI is InChI=1S/C21H18O4/c1-12(2)21(3)11-14-18(25-21)10-16(23)19-15(22)9-17(24-20(14)19)13-7-5-4-6-8-13/h4-10,23H,1,11H2,2-3H3/t21-/m0/s1. The van der Waals surface area contributed by atoms with Crippen molar-refractivity contribution in [3.63, 3.8) is 0 Å². The highest BCUT2D eigenvalue weighted by Gasteiger charge is 2.38. The highest BCUT2D eigenvalue weighted by Crippen LogP contribution is 2.45. The van der Waals surface area contributed by atoms with E-state index in [1.807, 2.05) is 44.2 Å². The highest BCUT2D eigenvalue weighted by molar-refractivity contribution is 5.90. The fourth-order valence-corrected chi connectivity index (χ4v) is 3.20. The molecule has 0 bridgehead atoms. The summed E-state index contributed by atoms with van der Waals surface area (Å²) in [6, 6.07) is 12.3. The molecule has 1 aromatic heterocycles. The Hall–Kier alpha value is -3.01. The zero-order valence-electron chi connectivity index (χ0n) is 14.1. The molecule has 4 rings (SSSR count). The molecular formula is C21H18O4. The first-order valence-electron chi connectivity index (χ1n) is 8.12. The van der Waals surface area contributed by atoms with Gasteiger partial charge in [0.15, 0.2) is 5.43 Å². The van der Waals surface area contributed by atoms with Crippen molar-refractivity contribution in [2.45, 2.75) is 25.9 Å². The van der Waals surface area contributed by atoms with Crippen LogP contribution in [0.3, 0.4) is 0 Å². The average molecular weight is 334 g/mol. The third-order valence-electron chi connectivity index (χ3n) is 4.85. The normalized spacial score (nSPS) is 18.8. The molecule has 25 heavy (non-hydrogen) atoms. The van der Waals surface area contributed by atoms with Gasteiger partial charge in [-0.3, -0.25) is 4.79 Å². The lowest BCUT2D eigenvalue weighted by Gasteiger charge is -2.23. The second-order valence-electron chi connectivity index (χ2n) is 6.71.